The fourth-order valence-corrected chi connectivity index (χ4v) is 3.19. The van der Waals surface area contributed by atoms with Gasteiger partial charge in [-0.2, -0.15) is 0 Å². The fourth-order valence-electron chi connectivity index (χ4n) is 3.19. The number of carbonyl (C=O) groups excluding carboxylic acids is 2. The number of fused-ring (bicyclic) bond motifs is 1. The van der Waals surface area contributed by atoms with E-state index in [1.165, 1.54) is 16.0 Å². The highest BCUT2D eigenvalue weighted by molar-refractivity contribution is 6.21. The van der Waals surface area contributed by atoms with Crippen molar-refractivity contribution < 1.29 is 9.59 Å². The number of imide groups is 1. The number of hydrogen-bond donors (Lipinski definition) is 0. The lowest BCUT2D eigenvalue weighted by atomic mass is 9.91. The molecular formula is C22H29NO2. The topological polar surface area (TPSA) is 37.4 Å². The van der Waals surface area contributed by atoms with E-state index in [2.05, 4.69) is 34.3 Å². The van der Waals surface area contributed by atoms with Crippen molar-refractivity contribution in [3.8, 4) is 0 Å². The third-order valence-corrected chi connectivity index (χ3v) is 4.98. The normalized spacial score (nSPS) is 14.8. The Balaban J connectivity index is 2.10. The van der Waals surface area contributed by atoms with E-state index in [-0.39, 0.29) is 11.8 Å². The third kappa shape index (κ3) is 4.28. The average molecular weight is 339 g/mol. The van der Waals surface area contributed by atoms with Gasteiger partial charge in [-0.05, 0) is 44.2 Å². The molecule has 0 aliphatic carbocycles. The Labute approximate surface area is 151 Å². The van der Waals surface area contributed by atoms with Gasteiger partial charge in [-0.15, -0.1) is 0 Å². The van der Waals surface area contributed by atoms with E-state index in [1.807, 2.05) is 0 Å². The van der Waals surface area contributed by atoms with Crippen LogP contribution in [0.15, 0.2) is 47.6 Å². The summed E-state index contributed by atoms with van der Waals surface area (Å²) in [5, 5.41) is 0. The predicted molar refractivity (Wildman–Crippen MR) is 103 cm³/mol. The van der Waals surface area contributed by atoms with Gasteiger partial charge < -0.3 is 0 Å². The van der Waals surface area contributed by atoms with Gasteiger partial charge in [0.2, 0.25) is 0 Å². The largest absolute Gasteiger partial charge is 0.270 e. The van der Waals surface area contributed by atoms with Crippen molar-refractivity contribution in [2.24, 2.45) is 5.92 Å². The number of unbranched alkanes of at least 4 members (excludes halogenated alkanes) is 1. The maximum atomic E-state index is 12.5. The van der Waals surface area contributed by atoms with Crippen LogP contribution in [0.5, 0.6) is 0 Å². The quantitative estimate of drug-likeness (QED) is 0.470. The minimum absolute atomic E-state index is 0.207. The second-order valence-corrected chi connectivity index (χ2v) is 7.21. The lowest BCUT2D eigenvalue weighted by molar-refractivity contribution is 0.0667. The summed E-state index contributed by atoms with van der Waals surface area (Å²) in [6.45, 7) is 13.2. The number of hydrogen-bond acceptors (Lipinski definition) is 2. The van der Waals surface area contributed by atoms with Crippen LogP contribution in [0.2, 0.25) is 0 Å². The predicted octanol–water partition coefficient (Wildman–Crippen LogP) is 5.39. The molecule has 1 heterocycles. The highest BCUT2D eigenvalue weighted by Gasteiger charge is 2.35. The molecule has 1 aromatic rings. The van der Waals surface area contributed by atoms with Crippen LogP contribution in [0.25, 0.3) is 0 Å². The second-order valence-electron chi connectivity index (χ2n) is 7.21. The van der Waals surface area contributed by atoms with E-state index in [9.17, 15) is 9.59 Å². The lowest BCUT2D eigenvalue weighted by Gasteiger charge is -2.19. The number of benzene rings is 1. The zero-order chi connectivity index (χ0) is 18.6. The Hall–Kier alpha value is -2.16. The summed E-state index contributed by atoms with van der Waals surface area (Å²) >= 11 is 0. The van der Waals surface area contributed by atoms with Gasteiger partial charge in [-0.1, -0.05) is 62.6 Å². The van der Waals surface area contributed by atoms with Crippen molar-refractivity contribution in [2.75, 3.05) is 6.54 Å². The number of carbonyl (C=O) groups is 2. The van der Waals surface area contributed by atoms with Crippen molar-refractivity contribution in [1.82, 2.24) is 4.90 Å². The zero-order valence-corrected chi connectivity index (χ0v) is 15.9. The number of amides is 2. The van der Waals surface area contributed by atoms with Crippen LogP contribution in [0.1, 0.15) is 74.1 Å². The van der Waals surface area contributed by atoms with E-state index < -0.39 is 0 Å². The molecule has 2 rings (SSSR count). The molecule has 0 saturated heterocycles. The molecule has 0 N–H and O–H groups in total. The molecule has 2 amide bonds. The number of rotatable bonds is 8. The Morgan fingerprint density at radius 1 is 1.12 bits per heavy atom. The van der Waals surface area contributed by atoms with Crippen LogP contribution in [0, 0.1) is 5.92 Å². The number of allylic oxidation sites excluding steroid dienone is 2. The molecule has 3 heteroatoms. The fraction of sp³-hybridized carbons (Fsp3) is 0.455. The molecule has 1 aliphatic rings. The summed E-state index contributed by atoms with van der Waals surface area (Å²) in [5.41, 5.74) is 4.72. The van der Waals surface area contributed by atoms with Gasteiger partial charge in [-0.25, -0.2) is 0 Å². The minimum Gasteiger partial charge on any atom is -0.270 e. The van der Waals surface area contributed by atoms with Crippen LogP contribution in [0.3, 0.4) is 0 Å². The number of nitrogens with zero attached hydrogens (tertiary/aromatic N) is 1. The summed E-state index contributed by atoms with van der Waals surface area (Å²) in [6.07, 6.45) is 4.12. The van der Waals surface area contributed by atoms with Crippen LogP contribution in [-0.2, 0) is 0 Å². The SMILES string of the molecule is C=C(C/C(CCCC)=C(\C)C(C)C)CN1C(=O)c2ccccc2C1=O. The lowest BCUT2D eigenvalue weighted by Crippen LogP contribution is -2.31. The van der Waals surface area contributed by atoms with Gasteiger partial charge in [0.25, 0.3) is 11.8 Å². The molecule has 0 unspecified atom stereocenters. The molecule has 0 atom stereocenters. The minimum atomic E-state index is -0.207. The Bertz CT molecular complexity index is 677. The summed E-state index contributed by atoms with van der Waals surface area (Å²) in [6, 6.07) is 7.02. The van der Waals surface area contributed by atoms with Crippen LogP contribution < -0.4 is 0 Å². The first-order valence-corrected chi connectivity index (χ1v) is 9.17. The monoisotopic (exact) mass is 339 g/mol. The van der Waals surface area contributed by atoms with E-state index in [0.717, 1.165) is 31.3 Å². The molecular weight excluding hydrogens is 310 g/mol. The molecule has 0 aromatic heterocycles. The molecule has 25 heavy (non-hydrogen) atoms. The van der Waals surface area contributed by atoms with E-state index in [4.69, 9.17) is 0 Å². The van der Waals surface area contributed by atoms with Gasteiger partial charge >= 0.3 is 0 Å². The molecule has 0 saturated carbocycles. The molecule has 0 bridgehead atoms. The summed E-state index contributed by atoms with van der Waals surface area (Å²) < 4.78 is 0. The summed E-state index contributed by atoms with van der Waals surface area (Å²) in [7, 11) is 0. The van der Waals surface area contributed by atoms with Crippen molar-refractivity contribution in [3.05, 3.63) is 58.7 Å². The van der Waals surface area contributed by atoms with Crippen LogP contribution in [0.4, 0.5) is 0 Å². The average Bonchev–Trinajstić information content (AvgIpc) is 2.83. The van der Waals surface area contributed by atoms with Gasteiger partial charge in [0.1, 0.15) is 0 Å². The molecule has 134 valence electrons. The zero-order valence-electron chi connectivity index (χ0n) is 15.9. The Morgan fingerprint density at radius 2 is 1.68 bits per heavy atom. The van der Waals surface area contributed by atoms with Crippen molar-refractivity contribution >= 4 is 11.8 Å². The highest BCUT2D eigenvalue weighted by Crippen LogP contribution is 2.27. The van der Waals surface area contributed by atoms with Gasteiger partial charge in [0.15, 0.2) is 0 Å². The van der Waals surface area contributed by atoms with E-state index in [0.29, 0.717) is 23.6 Å². The first kappa shape index (κ1) is 19.2. The van der Waals surface area contributed by atoms with Crippen molar-refractivity contribution in [1.29, 1.82) is 0 Å². The third-order valence-electron chi connectivity index (χ3n) is 4.98. The molecule has 1 aliphatic heterocycles. The molecule has 0 spiro atoms. The second kappa shape index (κ2) is 8.28. The highest BCUT2D eigenvalue weighted by atomic mass is 16.2. The standard InChI is InChI=1S/C22H29NO2/c1-6-7-10-18(17(5)15(2)3)13-16(4)14-23-21(24)19-11-8-9-12-20(19)22(23)25/h8-9,11-12,15H,4,6-7,10,13-14H2,1-3,5H3/b18-17+. The summed E-state index contributed by atoms with van der Waals surface area (Å²) in [5.74, 6) is 0.0850. The first-order valence-electron chi connectivity index (χ1n) is 9.17. The van der Waals surface area contributed by atoms with Gasteiger partial charge in [0, 0.05) is 0 Å². The Morgan fingerprint density at radius 3 is 2.16 bits per heavy atom. The maximum absolute atomic E-state index is 12.5. The maximum Gasteiger partial charge on any atom is 0.261 e. The van der Waals surface area contributed by atoms with Crippen LogP contribution >= 0.6 is 0 Å². The van der Waals surface area contributed by atoms with E-state index in [1.54, 1.807) is 24.3 Å². The molecule has 1 aromatic carbocycles. The van der Waals surface area contributed by atoms with Gasteiger partial charge in [0.05, 0.1) is 17.7 Å². The molecule has 0 fully saturated rings. The van der Waals surface area contributed by atoms with Gasteiger partial charge in [-0.3, -0.25) is 14.5 Å². The van der Waals surface area contributed by atoms with Crippen molar-refractivity contribution in [2.45, 2.75) is 53.4 Å². The molecule has 0 radical (unpaired) electrons. The smallest absolute Gasteiger partial charge is 0.261 e. The molecule has 3 nitrogen and oxygen atoms in total. The van der Waals surface area contributed by atoms with Crippen molar-refractivity contribution in [3.63, 3.8) is 0 Å². The first-order chi connectivity index (χ1) is 11.9. The Kier molecular flexibility index (Phi) is 6.35. The van der Waals surface area contributed by atoms with E-state index >= 15 is 0 Å². The summed E-state index contributed by atoms with van der Waals surface area (Å²) in [4.78, 5) is 26.3. The van der Waals surface area contributed by atoms with Crippen LogP contribution in [-0.4, -0.2) is 23.3 Å².